The molecular weight excluding hydrogens is 196 g/mol. The fourth-order valence-electron chi connectivity index (χ4n) is 1.20. The van der Waals surface area contributed by atoms with Crippen molar-refractivity contribution in [2.75, 3.05) is 7.05 Å². The van der Waals surface area contributed by atoms with Crippen molar-refractivity contribution in [2.45, 2.75) is 39.3 Å². The maximum Gasteiger partial charge on any atom is 0.325 e. The molecule has 0 spiro atoms. The topological polar surface area (TPSA) is 78.4 Å². The van der Waals surface area contributed by atoms with Gasteiger partial charge in [-0.2, -0.15) is 0 Å². The summed E-state index contributed by atoms with van der Waals surface area (Å²) in [5.41, 5.74) is 0. The van der Waals surface area contributed by atoms with Gasteiger partial charge in [-0.05, 0) is 26.3 Å². The number of nitrogens with one attached hydrogen (secondary N) is 2. The first-order valence-electron chi connectivity index (χ1n) is 5.09. The van der Waals surface area contributed by atoms with E-state index >= 15 is 0 Å². The average Bonchev–Trinajstić information content (AvgIpc) is 2.13. The number of carbonyl (C=O) groups is 2. The van der Waals surface area contributed by atoms with Crippen LogP contribution in [0.3, 0.4) is 0 Å². The molecule has 1 unspecified atom stereocenters. The zero-order chi connectivity index (χ0) is 12.0. The molecule has 0 aliphatic rings. The number of rotatable bonds is 6. The molecule has 0 aromatic carbocycles. The number of hydrogen-bond donors (Lipinski definition) is 3. The Morgan fingerprint density at radius 3 is 2.13 bits per heavy atom. The van der Waals surface area contributed by atoms with Gasteiger partial charge in [0.1, 0.15) is 6.04 Å². The molecule has 2 atom stereocenters. The first kappa shape index (κ1) is 13.9. The average molecular weight is 216 g/mol. The molecule has 0 aliphatic heterocycles. The van der Waals surface area contributed by atoms with Gasteiger partial charge in [-0.25, -0.2) is 0 Å². The lowest BCUT2D eigenvalue weighted by atomic mass is 10.0. The molecule has 0 saturated heterocycles. The highest BCUT2D eigenvalue weighted by Gasteiger charge is 2.21. The third-order valence-electron chi connectivity index (χ3n) is 2.10. The van der Waals surface area contributed by atoms with Crippen LogP contribution in [0.15, 0.2) is 0 Å². The van der Waals surface area contributed by atoms with Crippen LogP contribution in [0.2, 0.25) is 0 Å². The Morgan fingerprint density at radius 1 is 1.27 bits per heavy atom. The van der Waals surface area contributed by atoms with E-state index in [4.69, 9.17) is 5.11 Å². The zero-order valence-electron chi connectivity index (χ0n) is 9.70. The van der Waals surface area contributed by atoms with Gasteiger partial charge in [-0.3, -0.25) is 9.59 Å². The van der Waals surface area contributed by atoms with Gasteiger partial charge in [-0.1, -0.05) is 13.8 Å². The van der Waals surface area contributed by atoms with Crippen molar-refractivity contribution in [3.8, 4) is 0 Å². The Balaban J connectivity index is 4.21. The number of amides is 1. The van der Waals surface area contributed by atoms with E-state index in [9.17, 15) is 9.59 Å². The van der Waals surface area contributed by atoms with Crippen molar-refractivity contribution in [1.29, 1.82) is 0 Å². The molecule has 1 amide bonds. The standard InChI is InChI=1S/C10H20N2O3/c1-6(2)5-8(11-4)9(13)12-7(3)10(14)15/h6-8,11H,5H2,1-4H3,(H,12,13)(H,14,15)/t7-,8?/m0/s1. The van der Waals surface area contributed by atoms with E-state index in [1.807, 2.05) is 13.8 Å². The summed E-state index contributed by atoms with van der Waals surface area (Å²) in [6.07, 6.45) is 0.689. The summed E-state index contributed by atoms with van der Waals surface area (Å²) in [5, 5.41) is 13.9. The molecule has 0 fully saturated rings. The summed E-state index contributed by atoms with van der Waals surface area (Å²) in [7, 11) is 1.69. The van der Waals surface area contributed by atoms with Crippen molar-refractivity contribution in [2.24, 2.45) is 5.92 Å². The third-order valence-corrected chi connectivity index (χ3v) is 2.10. The summed E-state index contributed by atoms with van der Waals surface area (Å²) >= 11 is 0. The minimum Gasteiger partial charge on any atom is -0.480 e. The molecule has 5 nitrogen and oxygen atoms in total. The van der Waals surface area contributed by atoms with Gasteiger partial charge in [0.15, 0.2) is 0 Å². The number of carbonyl (C=O) groups excluding carboxylic acids is 1. The summed E-state index contributed by atoms with van der Waals surface area (Å²) in [4.78, 5) is 22.1. The summed E-state index contributed by atoms with van der Waals surface area (Å²) in [5.74, 6) is -0.905. The fourth-order valence-corrected chi connectivity index (χ4v) is 1.20. The van der Waals surface area contributed by atoms with Crippen LogP contribution in [0.25, 0.3) is 0 Å². The monoisotopic (exact) mass is 216 g/mol. The number of hydrogen-bond acceptors (Lipinski definition) is 3. The number of carboxylic acid groups (broad SMARTS) is 1. The molecule has 0 heterocycles. The first-order valence-corrected chi connectivity index (χ1v) is 5.09. The van der Waals surface area contributed by atoms with Crippen molar-refractivity contribution in [3.63, 3.8) is 0 Å². The van der Waals surface area contributed by atoms with E-state index in [0.29, 0.717) is 12.3 Å². The van der Waals surface area contributed by atoms with Gasteiger partial charge >= 0.3 is 5.97 Å². The molecule has 0 saturated carbocycles. The SMILES string of the molecule is CNC(CC(C)C)C(=O)N[C@@H](C)C(=O)O. The van der Waals surface area contributed by atoms with Gasteiger partial charge in [0, 0.05) is 0 Å². The molecule has 0 rings (SSSR count). The largest absolute Gasteiger partial charge is 0.480 e. The van der Waals surface area contributed by atoms with Crippen LogP contribution in [0.5, 0.6) is 0 Å². The Hall–Kier alpha value is -1.10. The lowest BCUT2D eigenvalue weighted by Crippen LogP contribution is -2.48. The Labute approximate surface area is 90.2 Å². The van der Waals surface area contributed by atoms with Crippen LogP contribution in [0.4, 0.5) is 0 Å². The Morgan fingerprint density at radius 2 is 1.80 bits per heavy atom. The minimum atomic E-state index is -1.03. The van der Waals surface area contributed by atoms with Gasteiger partial charge in [0.05, 0.1) is 6.04 Å². The van der Waals surface area contributed by atoms with Crippen LogP contribution in [0.1, 0.15) is 27.2 Å². The predicted molar refractivity (Wildman–Crippen MR) is 57.5 cm³/mol. The van der Waals surface area contributed by atoms with Gasteiger partial charge in [0.2, 0.25) is 5.91 Å². The van der Waals surface area contributed by atoms with Crippen molar-refractivity contribution in [1.82, 2.24) is 10.6 Å². The van der Waals surface area contributed by atoms with E-state index in [-0.39, 0.29) is 11.9 Å². The molecule has 88 valence electrons. The van der Waals surface area contributed by atoms with E-state index in [1.165, 1.54) is 6.92 Å². The van der Waals surface area contributed by atoms with Crippen molar-refractivity contribution >= 4 is 11.9 Å². The highest BCUT2D eigenvalue weighted by molar-refractivity contribution is 5.86. The molecule has 0 radical (unpaired) electrons. The fraction of sp³-hybridized carbons (Fsp3) is 0.800. The van der Waals surface area contributed by atoms with E-state index in [2.05, 4.69) is 10.6 Å². The van der Waals surface area contributed by atoms with Gasteiger partial charge in [-0.15, -0.1) is 0 Å². The molecule has 0 aromatic heterocycles. The smallest absolute Gasteiger partial charge is 0.325 e. The lowest BCUT2D eigenvalue weighted by Gasteiger charge is -2.19. The Bertz CT molecular complexity index is 229. The molecule has 0 aromatic rings. The van der Waals surface area contributed by atoms with E-state index in [0.717, 1.165) is 0 Å². The molecule has 5 heteroatoms. The van der Waals surface area contributed by atoms with Crippen LogP contribution in [-0.2, 0) is 9.59 Å². The number of likely N-dealkylation sites (N-methyl/N-ethyl adjacent to an activating group) is 1. The van der Waals surface area contributed by atoms with Crippen molar-refractivity contribution in [3.05, 3.63) is 0 Å². The van der Waals surface area contributed by atoms with Gasteiger partial charge < -0.3 is 15.7 Å². The zero-order valence-corrected chi connectivity index (χ0v) is 9.70. The summed E-state index contributed by atoms with van der Waals surface area (Å²) in [6, 6.07) is -1.17. The van der Waals surface area contributed by atoms with Gasteiger partial charge in [0.25, 0.3) is 0 Å². The third kappa shape index (κ3) is 5.37. The highest BCUT2D eigenvalue weighted by atomic mass is 16.4. The molecule has 0 aliphatic carbocycles. The van der Waals surface area contributed by atoms with Crippen LogP contribution in [0, 0.1) is 5.92 Å². The highest BCUT2D eigenvalue weighted by Crippen LogP contribution is 2.04. The number of carboxylic acids is 1. The maximum atomic E-state index is 11.6. The second kappa shape index (κ2) is 6.40. The summed E-state index contributed by atoms with van der Waals surface area (Å²) < 4.78 is 0. The molecule has 15 heavy (non-hydrogen) atoms. The van der Waals surface area contributed by atoms with Crippen molar-refractivity contribution < 1.29 is 14.7 Å². The summed E-state index contributed by atoms with van der Waals surface area (Å²) in [6.45, 7) is 5.47. The quantitative estimate of drug-likeness (QED) is 0.593. The second-order valence-corrected chi connectivity index (χ2v) is 4.04. The van der Waals surface area contributed by atoms with E-state index < -0.39 is 12.0 Å². The maximum absolute atomic E-state index is 11.6. The lowest BCUT2D eigenvalue weighted by molar-refractivity contribution is -0.141. The van der Waals surface area contributed by atoms with E-state index in [1.54, 1.807) is 7.05 Å². The number of aliphatic carboxylic acids is 1. The normalized spacial score (nSPS) is 14.7. The van der Waals surface area contributed by atoms with Crippen LogP contribution >= 0.6 is 0 Å². The molecular formula is C10H20N2O3. The van der Waals surface area contributed by atoms with Crippen LogP contribution in [-0.4, -0.2) is 36.1 Å². The first-order chi connectivity index (χ1) is 6.88. The predicted octanol–water partition coefficient (Wildman–Crippen LogP) is 0.210. The minimum absolute atomic E-state index is 0.263. The molecule has 3 N–H and O–H groups in total. The van der Waals surface area contributed by atoms with Crippen LogP contribution < -0.4 is 10.6 Å². The molecule has 0 bridgehead atoms. The Kier molecular flexibility index (Phi) is 5.93. The second-order valence-electron chi connectivity index (χ2n) is 4.04.